The highest BCUT2D eigenvalue weighted by Crippen LogP contribution is 2.36. The second kappa shape index (κ2) is 7.98. The lowest BCUT2D eigenvalue weighted by molar-refractivity contribution is -0.160. The maximum atomic E-state index is 13.2. The van der Waals surface area contributed by atoms with Crippen molar-refractivity contribution in [2.45, 2.75) is 51.8 Å². The number of benzene rings is 1. The number of ether oxygens (including phenoxy) is 1. The average Bonchev–Trinajstić information content (AvgIpc) is 2.63. The van der Waals surface area contributed by atoms with E-state index < -0.39 is 5.66 Å². The Hall–Kier alpha value is -2.23. The topological polar surface area (TPSA) is 50.4 Å². The maximum absolute atomic E-state index is 13.2. The molecule has 4 atom stereocenters. The maximum Gasteiger partial charge on any atom is 0.357 e. The Morgan fingerprint density at radius 2 is 2.00 bits per heavy atom. The molecule has 140 valence electrons. The molecule has 0 aromatic heterocycles. The predicted octanol–water partition coefficient (Wildman–Crippen LogP) is 4.47. The highest BCUT2D eigenvalue weighted by atomic mass is 16.5. The number of hydrogen-bond donors (Lipinski definition) is 2. The Balaban J connectivity index is 1.79. The minimum atomic E-state index is -1.07. The van der Waals surface area contributed by atoms with Crippen molar-refractivity contribution in [3.63, 3.8) is 0 Å². The summed E-state index contributed by atoms with van der Waals surface area (Å²) in [6.45, 7) is 6.69. The van der Waals surface area contributed by atoms with E-state index in [1.54, 1.807) is 6.20 Å². The smallest absolute Gasteiger partial charge is 0.357 e. The molecule has 1 saturated carbocycles. The van der Waals surface area contributed by atoms with Crippen molar-refractivity contribution in [2.24, 2.45) is 17.8 Å². The van der Waals surface area contributed by atoms with E-state index in [4.69, 9.17) is 4.74 Å². The lowest BCUT2D eigenvalue weighted by atomic mass is 9.75. The normalized spacial score (nSPS) is 30.7. The van der Waals surface area contributed by atoms with Gasteiger partial charge in [0, 0.05) is 5.69 Å². The number of carbonyl (C=O) groups is 1. The van der Waals surface area contributed by atoms with Crippen LogP contribution >= 0.6 is 0 Å². The molecule has 1 heterocycles. The molecule has 1 aliphatic carbocycles. The van der Waals surface area contributed by atoms with Crippen LogP contribution in [0.25, 0.3) is 0 Å². The Kier molecular flexibility index (Phi) is 5.70. The Morgan fingerprint density at radius 3 is 2.65 bits per heavy atom. The molecule has 4 heteroatoms. The standard InChI is InChI=1S/C22H30N2O2/c1-16(2)19-12-11-17(3)15-20(19)26-21(25)22(13-7-8-14-23-22)24-18-9-5-4-6-10-18/h4-10,13-14,16-17,19-20,23-24H,11-12,15H2,1-3H3. The van der Waals surface area contributed by atoms with Gasteiger partial charge in [-0.25, -0.2) is 4.79 Å². The van der Waals surface area contributed by atoms with Gasteiger partial charge in [0.2, 0.25) is 5.66 Å². The Labute approximate surface area is 156 Å². The molecule has 0 spiro atoms. The van der Waals surface area contributed by atoms with Crippen LogP contribution in [0.3, 0.4) is 0 Å². The lowest BCUT2D eigenvalue weighted by Gasteiger charge is -2.39. The highest BCUT2D eigenvalue weighted by Gasteiger charge is 2.42. The monoisotopic (exact) mass is 354 g/mol. The zero-order chi connectivity index (χ0) is 18.6. The van der Waals surface area contributed by atoms with Crippen LogP contribution in [0.15, 0.2) is 54.8 Å². The summed E-state index contributed by atoms with van der Waals surface area (Å²) in [4.78, 5) is 13.2. The fourth-order valence-electron chi connectivity index (χ4n) is 3.97. The minimum absolute atomic E-state index is 0.0261. The molecular formula is C22H30N2O2. The molecule has 26 heavy (non-hydrogen) atoms. The third-order valence-electron chi connectivity index (χ3n) is 5.52. The summed E-state index contributed by atoms with van der Waals surface area (Å²) < 4.78 is 6.10. The number of hydrogen-bond acceptors (Lipinski definition) is 4. The fourth-order valence-corrected chi connectivity index (χ4v) is 3.97. The lowest BCUT2D eigenvalue weighted by Crippen LogP contribution is -2.57. The van der Waals surface area contributed by atoms with Gasteiger partial charge >= 0.3 is 5.97 Å². The van der Waals surface area contributed by atoms with Gasteiger partial charge < -0.3 is 15.4 Å². The average molecular weight is 354 g/mol. The summed E-state index contributed by atoms with van der Waals surface area (Å²) in [5, 5.41) is 6.49. The summed E-state index contributed by atoms with van der Waals surface area (Å²) in [5.41, 5.74) is -0.201. The number of esters is 1. The fraction of sp³-hybridized carbons (Fsp3) is 0.500. The molecule has 1 fully saturated rings. The van der Waals surface area contributed by atoms with E-state index in [-0.39, 0.29) is 12.1 Å². The molecule has 0 amide bonds. The minimum Gasteiger partial charge on any atom is -0.459 e. The number of allylic oxidation sites excluding steroid dienone is 2. The van der Waals surface area contributed by atoms with Crippen LogP contribution in [-0.2, 0) is 9.53 Å². The van der Waals surface area contributed by atoms with Gasteiger partial charge in [-0.05, 0) is 61.1 Å². The summed E-state index contributed by atoms with van der Waals surface area (Å²) >= 11 is 0. The second-order valence-corrected chi connectivity index (χ2v) is 7.93. The van der Waals surface area contributed by atoms with Crippen molar-refractivity contribution in [3.8, 4) is 0 Å². The number of rotatable bonds is 5. The summed E-state index contributed by atoms with van der Waals surface area (Å²) in [6.07, 6.45) is 10.6. The molecule has 1 aromatic rings. The van der Waals surface area contributed by atoms with Crippen LogP contribution < -0.4 is 10.6 Å². The van der Waals surface area contributed by atoms with Crippen molar-refractivity contribution < 1.29 is 9.53 Å². The van der Waals surface area contributed by atoms with Crippen molar-refractivity contribution in [3.05, 3.63) is 54.8 Å². The van der Waals surface area contributed by atoms with Crippen LogP contribution in [0, 0.1) is 17.8 Å². The second-order valence-electron chi connectivity index (χ2n) is 7.93. The van der Waals surface area contributed by atoms with Crippen LogP contribution in [0.4, 0.5) is 5.69 Å². The summed E-state index contributed by atoms with van der Waals surface area (Å²) in [6, 6.07) is 9.74. The molecule has 2 aliphatic rings. The van der Waals surface area contributed by atoms with Crippen molar-refractivity contribution in [1.82, 2.24) is 5.32 Å². The van der Waals surface area contributed by atoms with E-state index in [0.717, 1.165) is 18.5 Å². The molecule has 4 nitrogen and oxygen atoms in total. The van der Waals surface area contributed by atoms with E-state index in [1.807, 2.05) is 48.6 Å². The van der Waals surface area contributed by atoms with Gasteiger partial charge in [0.15, 0.2) is 0 Å². The third kappa shape index (κ3) is 4.12. The van der Waals surface area contributed by atoms with Gasteiger partial charge in [0.05, 0.1) is 0 Å². The van der Waals surface area contributed by atoms with Crippen molar-refractivity contribution in [1.29, 1.82) is 0 Å². The number of para-hydroxylation sites is 1. The van der Waals surface area contributed by atoms with E-state index in [1.165, 1.54) is 6.42 Å². The van der Waals surface area contributed by atoms with Gasteiger partial charge in [-0.3, -0.25) is 0 Å². The van der Waals surface area contributed by atoms with Crippen LogP contribution in [-0.4, -0.2) is 17.7 Å². The van der Waals surface area contributed by atoms with Gasteiger partial charge in [-0.15, -0.1) is 0 Å². The molecule has 3 rings (SSSR count). The highest BCUT2D eigenvalue weighted by molar-refractivity contribution is 5.87. The third-order valence-corrected chi connectivity index (χ3v) is 5.52. The molecule has 0 radical (unpaired) electrons. The van der Waals surface area contributed by atoms with Crippen molar-refractivity contribution >= 4 is 11.7 Å². The quantitative estimate of drug-likeness (QED) is 0.766. The molecule has 0 saturated heterocycles. The van der Waals surface area contributed by atoms with Gasteiger partial charge in [0.25, 0.3) is 0 Å². The molecule has 1 aliphatic heterocycles. The summed E-state index contributed by atoms with van der Waals surface area (Å²) in [7, 11) is 0. The van der Waals surface area contributed by atoms with Gasteiger partial charge in [0.1, 0.15) is 6.10 Å². The molecule has 1 aromatic carbocycles. The number of carbonyl (C=O) groups excluding carboxylic acids is 1. The van der Waals surface area contributed by atoms with Gasteiger partial charge in [-0.2, -0.15) is 0 Å². The first-order chi connectivity index (χ1) is 12.5. The van der Waals surface area contributed by atoms with E-state index in [2.05, 4.69) is 31.4 Å². The first kappa shape index (κ1) is 18.6. The number of nitrogens with one attached hydrogen (secondary N) is 2. The van der Waals surface area contributed by atoms with Gasteiger partial charge in [-0.1, -0.05) is 51.5 Å². The number of anilines is 1. The largest absolute Gasteiger partial charge is 0.459 e. The Bertz CT molecular complexity index is 668. The zero-order valence-corrected chi connectivity index (χ0v) is 15.9. The molecule has 4 unspecified atom stereocenters. The van der Waals surface area contributed by atoms with Crippen LogP contribution in [0.1, 0.15) is 40.0 Å². The van der Waals surface area contributed by atoms with Crippen LogP contribution in [0.5, 0.6) is 0 Å². The first-order valence-electron chi connectivity index (χ1n) is 9.66. The SMILES string of the molecule is CC1CCC(C(C)C)C(OC(=O)C2(Nc3ccccc3)C=CC=CN2)C1. The van der Waals surface area contributed by atoms with Crippen molar-refractivity contribution in [2.75, 3.05) is 5.32 Å². The van der Waals surface area contributed by atoms with E-state index in [9.17, 15) is 4.79 Å². The molecule has 0 bridgehead atoms. The predicted molar refractivity (Wildman–Crippen MR) is 105 cm³/mol. The summed E-state index contributed by atoms with van der Waals surface area (Å²) in [5.74, 6) is 1.25. The zero-order valence-electron chi connectivity index (χ0n) is 15.9. The molecule has 2 N–H and O–H groups in total. The Morgan fingerprint density at radius 1 is 1.23 bits per heavy atom. The van der Waals surface area contributed by atoms with Crippen LogP contribution in [0.2, 0.25) is 0 Å². The van der Waals surface area contributed by atoms with E-state index >= 15 is 0 Å². The number of dihydropyridines is 1. The molecular weight excluding hydrogens is 324 g/mol. The van der Waals surface area contributed by atoms with E-state index in [0.29, 0.717) is 17.8 Å². The first-order valence-corrected chi connectivity index (χ1v) is 9.66.